The Hall–Kier alpha value is -2.21. The second kappa shape index (κ2) is 11.5. The first-order chi connectivity index (χ1) is 12.8. The van der Waals surface area contributed by atoms with Crippen LogP contribution in [-0.2, 0) is 11.3 Å². The van der Waals surface area contributed by atoms with Crippen molar-refractivity contribution in [2.45, 2.75) is 33.7 Å². The van der Waals surface area contributed by atoms with Crippen LogP contribution in [0.4, 0.5) is 0 Å². The van der Waals surface area contributed by atoms with Crippen molar-refractivity contribution in [2.24, 2.45) is 10.2 Å². The van der Waals surface area contributed by atoms with Gasteiger partial charge in [-0.2, -0.15) is 11.8 Å². The summed E-state index contributed by atoms with van der Waals surface area (Å²) >= 11 is 1.63. The molecule has 0 bridgehead atoms. The van der Waals surface area contributed by atoms with Crippen LogP contribution in [-0.4, -0.2) is 42.5 Å². The third kappa shape index (κ3) is 6.79. The van der Waals surface area contributed by atoms with Crippen LogP contribution in [0.15, 0.2) is 57.5 Å². The topological polar surface area (TPSA) is 62.1 Å². The zero-order valence-electron chi connectivity index (χ0n) is 17.1. The number of thioether (sulfide) groups is 1. The Labute approximate surface area is 166 Å². The Balaban J connectivity index is 3.42. The largest absolute Gasteiger partial charge is 0.373 e. The van der Waals surface area contributed by atoms with E-state index in [4.69, 9.17) is 4.99 Å². The molecule has 0 unspecified atom stereocenters. The van der Waals surface area contributed by atoms with E-state index in [0.29, 0.717) is 30.0 Å². The lowest BCUT2D eigenvalue weighted by atomic mass is 10.0. The normalized spacial score (nSPS) is 13.3. The molecule has 0 heterocycles. The molecule has 0 fully saturated rings. The van der Waals surface area contributed by atoms with E-state index in [9.17, 15) is 9.70 Å². The number of likely N-dealkylation sites (N-methyl/N-ethyl adjacent to an activating group) is 1. The van der Waals surface area contributed by atoms with Crippen molar-refractivity contribution in [3.8, 4) is 0 Å². The number of hydrogen-bond donors (Lipinski definition) is 0. The number of Topliss-reactive ketones (excluding diaryl/α,β-unsaturated/α-hetero) is 1. The summed E-state index contributed by atoms with van der Waals surface area (Å²) in [6, 6.07) is 8.21. The molecule has 1 aromatic rings. The number of benzene rings is 1. The van der Waals surface area contributed by atoms with Crippen molar-refractivity contribution in [3.63, 3.8) is 0 Å². The maximum absolute atomic E-state index is 12.1. The summed E-state index contributed by atoms with van der Waals surface area (Å²) < 4.78 is 0. The Morgan fingerprint density at radius 1 is 1.22 bits per heavy atom. The molecular formula is C21H29N3O2S. The van der Waals surface area contributed by atoms with E-state index in [2.05, 4.69) is 17.3 Å². The van der Waals surface area contributed by atoms with Crippen molar-refractivity contribution in [2.75, 3.05) is 26.1 Å². The van der Waals surface area contributed by atoms with Gasteiger partial charge >= 0.3 is 0 Å². The van der Waals surface area contributed by atoms with Gasteiger partial charge in [-0.3, -0.25) is 9.79 Å². The number of aliphatic imine (C=N–C) groups is 1. The Morgan fingerprint density at radius 3 is 2.30 bits per heavy atom. The number of carbonyl (C=O) groups is 1. The van der Waals surface area contributed by atoms with E-state index >= 15 is 0 Å². The van der Waals surface area contributed by atoms with Crippen molar-refractivity contribution in [3.05, 3.63) is 63.3 Å². The molecule has 0 spiro atoms. The van der Waals surface area contributed by atoms with E-state index < -0.39 is 0 Å². The molecule has 27 heavy (non-hydrogen) atoms. The molecule has 0 aromatic heterocycles. The lowest BCUT2D eigenvalue weighted by Crippen LogP contribution is -2.21. The molecule has 146 valence electrons. The highest BCUT2D eigenvalue weighted by atomic mass is 32.2. The van der Waals surface area contributed by atoms with Crippen LogP contribution in [0, 0.1) is 11.8 Å². The molecule has 5 nitrogen and oxygen atoms in total. The van der Waals surface area contributed by atoms with Gasteiger partial charge in [0.2, 0.25) is 0 Å². The van der Waals surface area contributed by atoms with Gasteiger partial charge in [0.25, 0.3) is 0 Å². The zero-order valence-corrected chi connectivity index (χ0v) is 17.9. The maximum Gasteiger partial charge on any atom is 0.178 e. The number of aryl methyl sites for hydroxylation is 1. The first-order valence-electron chi connectivity index (χ1n) is 8.90. The summed E-state index contributed by atoms with van der Waals surface area (Å²) in [5.74, 6) is 0.509. The molecule has 1 rings (SSSR count). The number of allylic oxidation sites excluding steroid dienone is 2. The molecule has 6 heteroatoms. The van der Waals surface area contributed by atoms with Gasteiger partial charge in [0.05, 0.1) is 6.54 Å². The number of nitrogens with zero attached hydrogens (tertiary/aromatic N) is 3. The predicted octanol–water partition coefficient (Wildman–Crippen LogP) is 4.76. The van der Waals surface area contributed by atoms with Gasteiger partial charge in [-0.15, -0.1) is 4.91 Å². The highest BCUT2D eigenvalue weighted by Gasteiger charge is 2.21. The average Bonchev–Trinajstić information content (AvgIpc) is 2.63. The molecule has 0 amide bonds. The molecule has 0 radical (unpaired) electrons. The molecule has 0 saturated carbocycles. The van der Waals surface area contributed by atoms with Crippen molar-refractivity contribution in [1.29, 1.82) is 0 Å². The quantitative estimate of drug-likeness (QED) is 0.251. The summed E-state index contributed by atoms with van der Waals surface area (Å²) in [7, 11) is 3.48. The molecule has 0 aliphatic carbocycles. The predicted molar refractivity (Wildman–Crippen MR) is 116 cm³/mol. The van der Waals surface area contributed by atoms with Crippen LogP contribution in [0.2, 0.25) is 0 Å². The number of hydrogen-bond acceptors (Lipinski definition) is 6. The third-order valence-electron chi connectivity index (χ3n) is 4.02. The van der Waals surface area contributed by atoms with Crippen LogP contribution in [0.3, 0.4) is 0 Å². The molecule has 0 aliphatic heterocycles. The first-order valence-corrected chi connectivity index (χ1v) is 10.3. The summed E-state index contributed by atoms with van der Waals surface area (Å²) in [4.78, 5) is 30.2. The highest BCUT2D eigenvalue weighted by Crippen LogP contribution is 2.23. The zero-order chi connectivity index (χ0) is 20.4. The molecule has 0 saturated heterocycles. The van der Waals surface area contributed by atoms with Gasteiger partial charge in [0.1, 0.15) is 11.4 Å². The molecule has 0 N–H and O–H groups in total. The number of ketones is 1. The average molecular weight is 388 g/mol. The Bertz CT molecular complexity index is 747. The lowest BCUT2D eigenvalue weighted by Gasteiger charge is -2.18. The van der Waals surface area contributed by atoms with Crippen LogP contribution in [0.1, 0.15) is 31.4 Å². The van der Waals surface area contributed by atoms with E-state index in [1.165, 1.54) is 12.5 Å². The summed E-state index contributed by atoms with van der Waals surface area (Å²) in [6.45, 7) is 6.00. The highest BCUT2D eigenvalue weighted by molar-refractivity contribution is 7.98. The van der Waals surface area contributed by atoms with Crippen molar-refractivity contribution >= 4 is 23.3 Å². The van der Waals surface area contributed by atoms with Gasteiger partial charge in [0, 0.05) is 38.1 Å². The number of carbonyl (C=O) groups excluding carboxylic acids is 1. The Kier molecular flexibility index (Phi) is 9.72. The third-order valence-corrected chi connectivity index (χ3v) is 4.52. The number of rotatable bonds is 10. The molecular weight excluding hydrogens is 358 g/mol. The minimum absolute atomic E-state index is 0.158. The Morgan fingerprint density at radius 2 is 1.85 bits per heavy atom. The SMILES string of the molecule is CCC(=NCc1ccc(C)cc1)C(=C\CSC)/C(N=O)=C(/C(C)=O)N(C)C. The second-order valence-corrected chi connectivity index (χ2v) is 7.33. The van der Waals surface area contributed by atoms with E-state index in [-0.39, 0.29) is 11.5 Å². The molecule has 1 aromatic carbocycles. The van der Waals surface area contributed by atoms with Gasteiger partial charge in [-0.25, -0.2) is 0 Å². The fourth-order valence-electron chi connectivity index (χ4n) is 2.70. The van der Waals surface area contributed by atoms with E-state index in [1.807, 2.05) is 38.3 Å². The van der Waals surface area contributed by atoms with E-state index in [0.717, 1.165) is 11.3 Å². The van der Waals surface area contributed by atoms with Crippen LogP contribution in [0.5, 0.6) is 0 Å². The fraction of sp³-hybridized carbons (Fsp3) is 0.429. The number of nitroso groups, excluding NO2 is 1. The second-order valence-electron chi connectivity index (χ2n) is 6.41. The van der Waals surface area contributed by atoms with Crippen molar-refractivity contribution in [1.82, 2.24) is 4.90 Å². The monoisotopic (exact) mass is 387 g/mol. The minimum atomic E-state index is -0.196. The van der Waals surface area contributed by atoms with Gasteiger partial charge in [-0.05, 0) is 30.3 Å². The smallest absolute Gasteiger partial charge is 0.178 e. The van der Waals surface area contributed by atoms with Crippen molar-refractivity contribution < 1.29 is 4.79 Å². The van der Waals surface area contributed by atoms with Gasteiger partial charge < -0.3 is 4.90 Å². The summed E-state index contributed by atoms with van der Waals surface area (Å²) in [5, 5.41) is 3.23. The molecule has 0 aliphatic rings. The maximum atomic E-state index is 12.1. The summed E-state index contributed by atoms with van der Waals surface area (Å²) in [5.41, 5.74) is 4.18. The van der Waals surface area contributed by atoms with E-state index in [1.54, 1.807) is 30.8 Å². The van der Waals surface area contributed by atoms with Crippen LogP contribution in [0.25, 0.3) is 0 Å². The van der Waals surface area contributed by atoms with Gasteiger partial charge in [-0.1, -0.05) is 42.8 Å². The van der Waals surface area contributed by atoms with Crippen LogP contribution < -0.4 is 0 Å². The first kappa shape index (κ1) is 22.8. The molecule has 0 atom stereocenters. The lowest BCUT2D eigenvalue weighted by molar-refractivity contribution is -0.114. The minimum Gasteiger partial charge on any atom is -0.373 e. The van der Waals surface area contributed by atoms with Gasteiger partial charge in [0.15, 0.2) is 5.78 Å². The standard InChI is InChI=1S/C21H29N3O2S/c1-7-19(22-14-17-10-8-15(2)9-11-17)18(12-13-27-6)20(23-26)21(16(3)25)24(4)5/h8-12H,7,13-14H2,1-6H3/b18-12+,21-20+,22-19?. The fourth-order valence-corrected chi connectivity index (χ4v) is 3.03. The summed E-state index contributed by atoms with van der Waals surface area (Å²) in [6.07, 6.45) is 4.56. The van der Waals surface area contributed by atoms with Crippen LogP contribution >= 0.6 is 11.8 Å².